The molecular formula is C18H30N4O2S. The summed E-state index contributed by atoms with van der Waals surface area (Å²) in [6.07, 6.45) is 9.44. The number of sulfonamides is 1. The van der Waals surface area contributed by atoms with E-state index < -0.39 is 10.0 Å². The molecule has 2 rings (SSSR count). The Balaban J connectivity index is 1.65. The average molecular weight is 367 g/mol. The number of hydrogen-bond acceptors (Lipinski definition) is 3. The first-order chi connectivity index (χ1) is 12.0. The minimum absolute atomic E-state index is 0.126. The standard InChI is InChI=1S/C18H30N4O2S/c1-20-18(21-13-5-4-8-15-6-2-3-7-15)22-14-16-9-11-17(12-10-16)25(19,23)24/h9-12,15H,2-8,13-14H2,1H3,(H2,19,23,24)(H2,20,21,22). The molecule has 0 unspecified atom stereocenters. The van der Waals surface area contributed by atoms with E-state index in [9.17, 15) is 8.42 Å². The maximum Gasteiger partial charge on any atom is 0.238 e. The topological polar surface area (TPSA) is 96.6 Å². The van der Waals surface area contributed by atoms with Crippen molar-refractivity contribution in [1.29, 1.82) is 0 Å². The van der Waals surface area contributed by atoms with Gasteiger partial charge in [0, 0.05) is 20.1 Å². The molecule has 1 saturated carbocycles. The number of nitrogens with zero attached hydrogens (tertiary/aromatic N) is 1. The molecule has 0 aromatic heterocycles. The smallest absolute Gasteiger partial charge is 0.238 e. The van der Waals surface area contributed by atoms with Gasteiger partial charge in [-0.3, -0.25) is 4.99 Å². The molecule has 0 amide bonds. The molecule has 7 heteroatoms. The van der Waals surface area contributed by atoms with E-state index in [0.717, 1.165) is 30.4 Å². The third kappa shape index (κ3) is 7.04. The average Bonchev–Trinajstić information content (AvgIpc) is 3.10. The van der Waals surface area contributed by atoms with Gasteiger partial charge in [-0.2, -0.15) is 0 Å². The Morgan fingerprint density at radius 3 is 2.44 bits per heavy atom. The number of rotatable bonds is 8. The Morgan fingerprint density at radius 2 is 1.84 bits per heavy atom. The number of unbranched alkanes of at least 4 members (excludes halogenated alkanes) is 1. The maximum absolute atomic E-state index is 11.2. The van der Waals surface area contributed by atoms with Crippen LogP contribution in [0.2, 0.25) is 0 Å². The zero-order chi connectivity index (χ0) is 18.1. The molecule has 0 atom stereocenters. The minimum Gasteiger partial charge on any atom is -0.356 e. The van der Waals surface area contributed by atoms with Crippen molar-refractivity contribution in [1.82, 2.24) is 10.6 Å². The highest BCUT2D eigenvalue weighted by Crippen LogP contribution is 2.28. The molecule has 4 N–H and O–H groups in total. The highest BCUT2D eigenvalue weighted by Gasteiger charge is 2.13. The largest absolute Gasteiger partial charge is 0.356 e. The summed E-state index contributed by atoms with van der Waals surface area (Å²) < 4.78 is 22.5. The normalized spacial score (nSPS) is 16.2. The summed E-state index contributed by atoms with van der Waals surface area (Å²) in [4.78, 5) is 4.34. The SMILES string of the molecule is CN=C(NCCCCC1CCCC1)NCc1ccc(S(N)(=O)=O)cc1. The van der Waals surface area contributed by atoms with E-state index in [1.807, 2.05) is 0 Å². The molecule has 0 saturated heterocycles. The van der Waals surface area contributed by atoms with Crippen molar-refractivity contribution in [2.75, 3.05) is 13.6 Å². The van der Waals surface area contributed by atoms with Crippen molar-refractivity contribution in [2.24, 2.45) is 16.0 Å². The number of benzene rings is 1. The van der Waals surface area contributed by atoms with Crippen LogP contribution in [-0.2, 0) is 16.6 Å². The van der Waals surface area contributed by atoms with E-state index in [1.54, 1.807) is 19.2 Å². The van der Waals surface area contributed by atoms with Crippen LogP contribution in [0.15, 0.2) is 34.2 Å². The van der Waals surface area contributed by atoms with E-state index in [0.29, 0.717) is 6.54 Å². The third-order valence-electron chi connectivity index (χ3n) is 4.74. The highest BCUT2D eigenvalue weighted by atomic mass is 32.2. The van der Waals surface area contributed by atoms with Crippen molar-refractivity contribution >= 4 is 16.0 Å². The second kappa shape index (κ2) is 9.77. The van der Waals surface area contributed by atoms with E-state index in [1.165, 1.54) is 50.7 Å². The Kier molecular flexibility index (Phi) is 7.71. The molecule has 1 aliphatic rings. The molecule has 0 aliphatic heterocycles. The molecule has 1 fully saturated rings. The van der Waals surface area contributed by atoms with E-state index in [2.05, 4.69) is 15.6 Å². The van der Waals surface area contributed by atoms with Crippen molar-refractivity contribution in [3.05, 3.63) is 29.8 Å². The molecule has 0 heterocycles. The van der Waals surface area contributed by atoms with Crippen LogP contribution in [0.4, 0.5) is 0 Å². The fourth-order valence-electron chi connectivity index (χ4n) is 3.27. The van der Waals surface area contributed by atoms with Gasteiger partial charge >= 0.3 is 0 Å². The number of aliphatic imine (C=N–C) groups is 1. The number of hydrogen-bond donors (Lipinski definition) is 3. The summed E-state index contributed by atoms with van der Waals surface area (Å²) in [6, 6.07) is 6.54. The lowest BCUT2D eigenvalue weighted by atomic mass is 10.0. The van der Waals surface area contributed by atoms with E-state index in [-0.39, 0.29) is 4.90 Å². The summed E-state index contributed by atoms with van der Waals surface area (Å²) >= 11 is 0. The predicted octanol–water partition coefficient (Wildman–Crippen LogP) is 2.36. The van der Waals surface area contributed by atoms with Crippen molar-refractivity contribution < 1.29 is 8.42 Å². The molecule has 0 bridgehead atoms. The number of primary sulfonamides is 1. The summed E-state index contributed by atoms with van der Waals surface area (Å²) in [7, 11) is -1.89. The molecule has 1 aromatic carbocycles. The van der Waals surface area contributed by atoms with Gasteiger partial charge in [-0.1, -0.05) is 50.7 Å². The van der Waals surface area contributed by atoms with Crippen molar-refractivity contribution in [3.63, 3.8) is 0 Å². The first-order valence-corrected chi connectivity index (χ1v) is 10.6. The van der Waals surface area contributed by atoms with Gasteiger partial charge in [0.05, 0.1) is 4.90 Å². The van der Waals surface area contributed by atoms with Crippen LogP contribution < -0.4 is 15.8 Å². The molecule has 0 radical (unpaired) electrons. The lowest BCUT2D eigenvalue weighted by molar-refractivity contribution is 0.472. The van der Waals surface area contributed by atoms with Gasteiger partial charge in [-0.25, -0.2) is 13.6 Å². The third-order valence-corrected chi connectivity index (χ3v) is 5.67. The molecular weight excluding hydrogens is 336 g/mol. The lowest BCUT2D eigenvalue weighted by Crippen LogP contribution is -2.37. The number of nitrogens with two attached hydrogens (primary N) is 1. The molecule has 6 nitrogen and oxygen atoms in total. The van der Waals surface area contributed by atoms with Crippen LogP contribution in [0.3, 0.4) is 0 Å². The summed E-state index contributed by atoms with van der Waals surface area (Å²) in [5, 5.41) is 11.7. The molecule has 25 heavy (non-hydrogen) atoms. The lowest BCUT2D eigenvalue weighted by Gasteiger charge is -2.13. The van der Waals surface area contributed by atoms with Gasteiger partial charge in [-0.05, 0) is 30.0 Å². The van der Waals surface area contributed by atoms with Gasteiger partial charge in [0.25, 0.3) is 0 Å². The molecule has 1 aliphatic carbocycles. The van der Waals surface area contributed by atoms with Crippen molar-refractivity contribution in [2.45, 2.75) is 56.4 Å². The van der Waals surface area contributed by atoms with Crippen LogP contribution in [0.5, 0.6) is 0 Å². The van der Waals surface area contributed by atoms with Crippen LogP contribution in [0, 0.1) is 5.92 Å². The quantitative estimate of drug-likeness (QED) is 0.374. The molecule has 1 aromatic rings. The Morgan fingerprint density at radius 1 is 1.16 bits per heavy atom. The fourth-order valence-corrected chi connectivity index (χ4v) is 3.78. The van der Waals surface area contributed by atoms with Gasteiger partial charge in [0.2, 0.25) is 10.0 Å². The molecule has 0 spiro atoms. The highest BCUT2D eigenvalue weighted by molar-refractivity contribution is 7.89. The van der Waals surface area contributed by atoms with Gasteiger partial charge < -0.3 is 10.6 Å². The summed E-state index contributed by atoms with van der Waals surface area (Å²) in [6.45, 7) is 1.49. The Labute approximate surface area is 151 Å². The van der Waals surface area contributed by atoms with Gasteiger partial charge in [0.15, 0.2) is 5.96 Å². The van der Waals surface area contributed by atoms with Crippen LogP contribution in [0.1, 0.15) is 50.5 Å². The zero-order valence-electron chi connectivity index (χ0n) is 15.0. The number of guanidine groups is 1. The second-order valence-electron chi connectivity index (χ2n) is 6.69. The van der Waals surface area contributed by atoms with E-state index >= 15 is 0 Å². The van der Waals surface area contributed by atoms with Crippen molar-refractivity contribution in [3.8, 4) is 0 Å². The Hall–Kier alpha value is -1.60. The first-order valence-electron chi connectivity index (χ1n) is 9.05. The zero-order valence-corrected chi connectivity index (χ0v) is 15.8. The van der Waals surface area contributed by atoms with Crippen LogP contribution in [0.25, 0.3) is 0 Å². The second-order valence-corrected chi connectivity index (χ2v) is 8.25. The summed E-state index contributed by atoms with van der Waals surface area (Å²) in [5.74, 6) is 1.72. The van der Waals surface area contributed by atoms with Crippen LogP contribution >= 0.6 is 0 Å². The van der Waals surface area contributed by atoms with Gasteiger partial charge in [-0.15, -0.1) is 0 Å². The Bertz CT molecular complexity index is 650. The maximum atomic E-state index is 11.2. The molecule has 140 valence electrons. The first kappa shape index (κ1) is 19.7. The van der Waals surface area contributed by atoms with Crippen LogP contribution in [-0.4, -0.2) is 28.0 Å². The van der Waals surface area contributed by atoms with E-state index in [4.69, 9.17) is 5.14 Å². The minimum atomic E-state index is -3.64. The fraction of sp³-hybridized carbons (Fsp3) is 0.611. The van der Waals surface area contributed by atoms with Gasteiger partial charge in [0.1, 0.15) is 0 Å². The monoisotopic (exact) mass is 366 g/mol. The summed E-state index contributed by atoms with van der Waals surface area (Å²) in [5.41, 5.74) is 0.969. The number of nitrogens with one attached hydrogen (secondary N) is 2. The predicted molar refractivity (Wildman–Crippen MR) is 102 cm³/mol.